The number of esters is 1. The number of ketones is 1. The highest BCUT2D eigenvalue weighted by molar-refractivity contribution is 5.97. The Morgan fingerprint density at radius 2 is 1.76 bits per heavy atom. The number of nitrogens with zero attached hydrogens (tertiary/aromatic N) is 1. The van der Waals surface area contributed by atoms with Crippen LogP contribution in [0, 0.1) is 10.1 Å². The number of nitrogens with one attached hydrogen (secondary N) is 1. The highest BCUT2D eigenvalue weighted by Crippen LogP contribution is 2.23. The lowest BCUT2D eigenvalue weighted by Crippen LogP contribution is -2.31. The van der Waals surface area contributed by atoms with Crippen molar-refractivity contribution in [3.8, 4) is 5.75 Å². The molecule has 1 unspecified atom stereocenters. The van der Waals surface area contributed by atoms with E-state index < -0.39 is 29.5 Å². The molecular weight excluding hydrogens is 380 g/mol. The zero-order valence-electron chi connectivity index (χ0n) is 15.9. The molecule has 152 valence electrons. The molecule has 9 nitrogen and oxygen atoms in total. The Bertz CT molecular complexity index is 909. The summed E-state index contributed by atoms with van der Waals surface area (Å²) >= 11 is 0. The average molecular weight is 400 g/mol. The predicted octanol–water partition coefficient (Wildman–Crippen LogP) is 3.14. The van der Waals surface area contributed by atoms with Crippen LogP contribution in [0.15, 0.2) is 48.5 Å². The molecule has 0 aliphatic rings. The molecule has 0 saturated carbocycles. The molecule has 2 rings (SSSR count). The molecule has 0 spiro atoms. The van der Waals surface area contributed by atoms with Crippen molar-refractivity contribution in [3.05, 3.63) is 64.2 Å². The predicted molar refractivity (Wildman–Crippen MR) is 104 cm³/mol. The number of rotatable bonds is 9. The van der Waals surface area contributed by atoms with Crippen molar-refractivity contribution in [2.75, 3.05) is 11.9 Å². The average Bonchev–Trinajstić information content (AvgIpc) is 2.72. The van der Waals surface area contributed by atoms with Crippen LogP contribution in [0.3, 0.4) is 0 Å². The second-order valence-corrected chi connectivity index (χ2v) is 5.99. The topological polar surface area (TPSA) is 125 Å². The van der Waals surface area contributed by atoms with Crippen LogP contribution in [-0.2, 0) is 14.3 Å². The Morgan fingerprint density at radius 3 is 2.38 bits per heavy atom. The van der Waals surface area contributed by atoms with E-state index >= 15 is 0 Å². The number of carbonyl (C=O) groups is 3. The molecule has 0 fully saturated rings. The van der Waals surface area contributed by atoms with E-state index in [4.69, 9.17) is 9.47 Å². The molecule has 0 radical (unpaired) electrons. The van der Waals surface area contributed by atoms with E-state index in [1.165, 1.54) is 31.2 Å². The number of carbonyl (C=O) groups excluding carboxylic acids is 3. The van der Waals surface area contributed by atoms with E-state index in [-0.39, 0.29) is 17.2 Å². The molecular formula is C20H20N2O7. The highest BCUT2D eigenvalue weighted by atomic mass is 16.6. The van der Waals surface area contributed by atoms with Gasteiger partial charge in [0.1, 0.15) is 11.4 Å². The van der Waals surface area contributed by atoms with E-state index in [9.17, 15) is 24.5 Å². The zero-order valence-corrected chi connectivity index (χ0v) is 15.9. The normalized spacial score (nSPS) is 11.2. The standard InChI is InChI=1S/C20H20N2O7/c1-3-18(23)14-8-10-15(11-9-14)28-12-19(24)29-13(2)20(25)21-16-6-4-5-7-17(16)22(26)27/h4-11,13H,3,12H2,1-2H3,(H,21,25). The molecule has 0 heterocycles. The largest absolute Gasteiger partial charge is 0.482 e. The maximum absolute atomic E-state index is 12.1. The molecule has 1 amide bonds. The minimum absolute atomic E-state index is 0.00312. The van der Waals surface area contributed by atoms with Crippen molar-refractivity contribution in [1.29, 1.82) is 0 Å². The number of hydrogen-bond acceptors (Lipinski definition) is 7. The van der Waals surface area contributed by atoms with E-state index in [0.29, 0.717) is 17.7 Å². The Kier molecular flexibility index (Phi) is 7.41. The first-order valence-electron chi connectivity index (χ1n) is 8.81. The van der Waals surface area contributed by atoms with Gasteiger partial charge < -0.3 is 14.8 Å². The number of Topliss-reactive ketones (excluding diaryl/α,β-unsaturated/α-hetero) is 1. The molecule has 2 aromatic rings. The number of benzene rings is 2. The Labute approximate surface area is 166 Å². The monoisotopic (exact) mass is 400 g/mol. The van der Waals surface area contributed by atoms with E-state index in [0.717, 1.165) is 0 Å². The van der Waals surface area contributed by atoms with Gasteiger partial charge in [0.15, 0.2) is 18.5 Å². The summed E-state index contributed by atoms with van der Waals surface area (Å²) in [5, 5.41) is 13.3. The zero-order chi connectivity index (χ0) is 21.4. The van der Waals surface area contributed by atoms with Crippen molar-refractivity contribution in [3.63, 3.8) is 0 Å². The Morgan fingerprint density at radius 1 is 1.10 bits per heavy atom. The van der Waals surface area contributed by atoms with E-state index in [2.05, 4.69) is 5.32 Å². The smallest absolute Gasteiger partial charge is 0.344 e. The fourth-order valence-corrected chi connectivity index (χ4v) is 2.34. The van der Waals surface area contributed by atoms with E-state index in [1.54, 1.807) is 31.2 Å². The molecule has 0 saturated heterocycles. The van der Waals surface area contributed by atoms with Crippen LogP contribution in [0.1, 0.15) is 30.6 Å². The lowest BCUT2D eigenvalue weighted by atomic mass is 10.1. The lowest BCUT2D eigenvalue weighted by Gasteiger charge is -2.14. The number of nitro groups is 1. The van der Waals surface area contributed by atoms with Gasteiger partial charge >= 0.3 is 5.97 Å². The second-order valence-electron chi connectivity index (χ2n) is 5.99. The van der Waals surface area contributed by atoms with Gasteiger partial charge in [0.2, 0.25) is 0 Å². The molecule has 0 aromatic heterocycles. The quantitative estimate of drug-likeness (QED) is 0.297. The van der Waals surface area contributed by atoms with Crippen molar-refractivity contribution >= 4 is 29.0 Å². The van der Waals surface area contributed by atoms with Crippen molar-refractivity contribution < 1.29 is 28.8 Å². The summed E-state index contributed by atoms with van der Waals surface area (Å²) in [6.07, 6.45) is -0.797. The van der Waals surface area contributed by atoms with Gasteiger partial charge in [-0.05, 0) is 37.3 Å². The van der Waals surface area contributed by atoms with Crippen LogP contribution < -0.4 is 10.1 Å². The van der Waals surface area contributed by atoms with Gasteiger partial charge in [0, 0.05) is 18.1 Å². The maximum atomic E-state index is 12.1. The summed E-state index contributed by atoms with van der Waals surface area (Å²) in [7, 11) is 0. The fourth-order valence-electron chi connectivity index (χ4n) is 2.34. The van der Waals surface area contributed by atoms with Crippen LogP contribution >= 0.6 is 0 Å². The van der Waals surface area contributed by atoms with Gasteiger partial charge in [-0.15, -0.1) is 0 Å². The first-order chi connectivity index (χ1) is 13.8. The van der Waals surface area contributed by atoms with Crippen LogP contribution in [0.2, 0.25) is 0 Å². The molecule has 29 heavy (non-hydrogen) atoms. The van der Waals surface area contributed by atoms with Crippen molar-refractivity contribution in [2.24, 2.45) is 0 Å². The molecule has 2 aromatic carbocycles. The van der Waals surface area contributed by atoms with Gasteiger partial charge in [-0.25, -0.2) is 4.79 Å². The number of ether oxygens (including phenoxy) is 2. The maximum Gasteiger partial charge on any atom is 0.344 e. The third-order valence-electron chi connectivity index (χ3n) is 3.89. The van der Waals surface area contributed by atoms with Crippen LogP contribution in [0.5, 0.6) is 5.75 Å². The number of amides is 1. The Balaban J connectivity index is 1.86. The van der Waals surface area contributed by atoms with Crippen molar-refractivity contribution in [2.45, 2.75) is 26.4 Å². The summed E-state index contributed by atoms with van der Waals surface area (Å²) < 4.78 is 10.3. The van der Waals surface area contributed by atoms with Gasteiger partial charge in [0.05, 0.1) is 4.92 Å². The molecule has 0 bridgehead atoms. The van der Waals surface area contributed by atoms with Crippen LogP contribution in [-0.4, -0.2) is 35.3 Å². The number of anilines is 1. The minimum Gasteiger partial charge on any atom is -0.482 e. The van der Waals surface area contributed by atoms with Crippen molar-refractivity contribution in [1.82, 2.24) is 0 Å². The Hall–Kier alpha value is -3.75. The third-order valence-corrected chi connectivity index (χ3v) is 3.89. The van der Waals surface area contributed by atoms with E-state index in [1.807, 2.05) is 0 Å². The van der Waals surface area contributed by atoms with Crippen LogP contribution in [0.25, 0.3) is 0 Å². The number of nitro benzene ring substituents is 1. The summed E-state index contributed by atoms with van der Waals surface area (Å²) in [4.78, 5) is 46.0. The van der Waals surface area contributed by atoms with Gasteiger partial charge in [-0.3, -0.25) is 19.7 Å². The first kappa shape index (κ1) is 21.5. The fraction of sp³-hybridized carbons (Fsp3) is 0.250. The second kappa shape index (κ2) is 9.98. The molecule has 1 N–H and O–H groups in total. The number of para-hydroxylation sites is 2. The highest BCUT2D eigenvalue weighted by Gasteiger charge is 2.21. The van der Waals surface area contributed by atoms with Gasteiger partial charge in [-0.2, -0.15) is 0 Å². The minimum atomic E-state index is -1.18. The van der Waals surface area contributed by atoms with Gasteiger partial charge in [0.25, 0.3) is 11.6 Å². The first-order valence-corrected chi connectivity index (χ1v) is 8.81. The summed E-state index contributed by atoms with van der Waals surface area (Å²) in [6, 6.07) is 11.9. The molecule has 0 aliphatic heterocycles. The summed E-state index contributed by atoms with van der Waals surface area (Å²) in [5.74, 6) is -1.14. The third kappa shape index (κ3) is 6.13. The van der Waals surface area contributed by atoms with Gasteiger partial charge in [-0.1, -0.05) is 19.1 Å². The molecule has 9 heteroatoms. The van der Waals surface area contributed by atoms with Crippen LogP contribution in [0.4, 0.5) is 11.4 Å². The summed E-state index contributed by atoms with van der Waals surface area (Å²) in [5.41, 5.74) is 0.277. The lowest BCUT2D eigenvalue weighted by molar-refractivity contribution is -0.383. The SMILES string of the molecule is CCC(=O)c1ccc(OCC(=O)OC(C)C(=O)Nc2ccccc2[N+](=O)[O-])cc1. The molecule has 0 aliphatic carbocycles. The molecule has 1 atom stereocenters. The summed E-state index contributed by atoms with van der Waals surface area (Å²) in [6.45, 7) is 2.66. The number of hydrogen-bond donors (Lipinski definition) is 1.